The Kier molecular flexibility index (Phi) is 81.3. The van der Waals surface area contributed by atoms with Crippen molar-refractivity contribution in [2.45, 2.75) is 358 Å². The number of fused-ring (bicyclic) bond motifs is 2. The van der Waals surface area contributed by atoms with Gasteiger partial charge in [-0.1, -0.05) is 219 Å². The van der Waals surface area contributed by atoms with Gasteiger partial charge in [0.25, 0.3) is 11.8 Å². The predicted molar refractivity (Wildman–Crippen MR) is 435 cm³/mol. The highest BCUT2D eigenvalue weighted by molar-refractivity contribution is 7.60. The van der Waals surface area contributed by atoms with Gasteiger partial charge < -0.3 is 53.2 Å². The van der Waals surface area contributed by atoms with E-state index in [-0.39, 0.29) is 167 Å². The third-order valence-electron chi connectivity index (χ3n) is 19.3. The number of hydrogen-bond acceptors (Lipinski definition) is 10. The minimum atomic E-state index is -1.04. The molecule has 0 aromatic rings. The highest BCUT2D eigenvalue weighted by atomic mass is 32.1. The predicted octanol–water partition coefficient (Wildman–Crippen LogP) is 16.7. The lowest BCUT2D eigenvalue weighted by Crippen LogP contribution is -2.46. The van der Waals surface area contributed by atoms with Crippen LogP contribution in [0, 0.1) is 70.0 Å². The standard InChI is InChI=1S/2C9H18N2O2.C9H16O2.C9H18.2C8H15N.C7H14O2.C7H16.6CH4.6H2S/c2*1-2-3-7(10)8(12)9(13)11-6-4-5-6;1-7(9(10)11)8-5-3-2-4-6-8;1-8(2)9-6-4-3-5-7-9;2*1-6-8-4-2-3-7(8)5-9-6;1-5(6(8)9)7(2,3)4;1-6(2)7(3,4)5;;;;;;;;;;;;/h2*6-8,12H,2-5,10H2,1H3,(H,11,13);7-8H,2-6H2,1H3,(H,10,11);8-9H,3-7H2,1-2H3;2*6-9H,2-5H2,1H3;5H,1-4H3,(H,8,9);6H,1-5H3;6*1H4;6*1H2/t7-,8?;;;;2*6-,7?,8?;5-;;;;;;;;;;;;;/m1...101............./s1. The Bertz CT molecular complexity index is 1630. The van der Waals surface area contributed by atoms with Crippen molar-refractivity contribution >= 4 is 105 Å². The first-order valence-corrected chi connectivity index (χ1v) is 32.8. The molecule has 568 valence electrons. The molecule has 0 radical (unpaired) electrons. The molecule has 8 unspecified atom stereocenters. The van der Waals surface area contributed by atoms with Crippen LogP contribution < -0.4 is 32.7 Å². The number of nitrogens with one attached hydrogen (secondary N) is 4. The van der Waals surface area contributed by atoms with Gasteiger partial charge >= 0.3 is 11.9 Å². The van der Waals surface area contributed by atoms with Gasteiger partial charge in [0.1, 0.15) is 12.2 Å². The summed E-state index contributed by atoms with van der Waals surface area (Å²) in [4.78, 5) is 43.5. The number of hydrogen-bond donors (Lipinski definition) is 10. The molecule has 0 spiro atoms. The smallest absolute Gasteiger partial charge is 0.306 e. The maximum Gasteiger partial charge on any atom is 0.306 e. The Morgan fingerprint density at radius 1 is 0.467 bits per heavy atom. The number of aliphatic carboxylic acids is 2. The average Bonchev–Trinajstić information content (AvgIpc) is 4.20. The van der Waals surface area contributed by atoms with Crippen LogP contribution in [0.3, 0.4) is 0 Å². The molecule has 0 aromatic heterocycles. The zero-order valence-corrected chi connectivity index (χ0v) is 63.4. The molecule has 8 fully saturated rings. The van der Waals surface area contributed by atoms with Crippen LogP contribution in [-0.4, -0.2) is 106 Å². The number of carboxylic acid groups (broad SMARTS) is 2. The number of amides is 2. The molecule has 8 aliphatic rings. The SMILES string of the molecule is C.C.C.C.C.C.CC(C(=O)O)C1CCCCC1.CC(C)C(C)(C)C.CC(C)C1CCCCC1.CCCC(N)C(O)C(=O)NC1CC1.CCC[C@@H](N)C(O)C(=O)NC1CC1.C[C@@H]1NCC2CCCC21.C[C@H](C(=O)O)C(C)(C)C.C[C@H]1NCC2CCCC21.S.S.S.S.S.S. The number of aliphatic hydroxyl groups excluding tert-OH is 2. The van der Waals surface area contributed by atoms with Crippen molar-refractivity contribution in [2.75, 3.05) is 13.1 Å². The molecule has 12 atom stereocenters. The number of rotatable bonds is 14. The Balaban J connectivity index is -0.0000000785. The van der Waals surface area contributed by atoms with Crippen molar-refractivity contribution in [2.24, 2.45) is 81.5 Å². The van der Waals surface area contributed by atoms with Crippen LogP contribution in [0.15, 0.2) is 0 Å². The van der Waals surface area contributed by atoms with Crippen molar-refractivity contribution in [3.05, 3.63) is 0 Å². The normalized spacial score (nSPS) is 23.1. The third kappa shape index (κ3) is 51.0. The molecule has 12 N–H and O–H groups in total. The van der Waals surface area contributed by atoms with E-state index in [0.29, 0.717) is 24.2 Å². The fourth-order valence-electron chi connectivity index (χ4n) is 11.3. The van der Waals surface area contributed by atoms with Gasteiger partial charge in [0.2, 0.25) is 0 Å². The lowest BCUT2D eigenvalue weighted by Gasteiger charge is -2.24. The number of nitrogens with two attached hydrogens (primary N) is 2. The van der Waals surface area contributed by atoms with Crippen LogP contribution in [0.2, 0.25) is 0 Å². The molecule has 2 heterocycles. The van der Waals surface area contributed by atoms with Gasteiger partial charge in [0.05, 0.1) is 11.8 Å². The molecule has 20 heteroatoms. The zero-order valence-electron chi connectivity index (χ0n) is 57.4. The van der Waals surface area contributed by atoms with Gasteiger partial charge in [0, 0.05) is 36.3 Å². The number of carbonyl (C=O) groups is 4. The molecular weight excluding hydrogens is 1270 g/mol. The second-order valence-corrected chi connectivity index (χ2v) is 28.6. The fraction of sp³-hybridized carbons (Fsp3) is 0.944. The summed E-state index contributed by atoms with van der Waals surface area (Å²) in [5.41, 5.74) is 11.6. The van der Waals surface area contributed by atoms with Crippen molar-refractivity contribution in [1.29, 1.82) is 0 Å². The molecule has 92 heavy (non-hydrogen) atoms. The van der Waals surface area contributed by atoms with Crippen molar-refractivity contribution < 1.29 is 39.6 Å². The molecule has 2 aliphatic heterocycles. The average molecular weight is 1440 g/mol. The summed E-state index contributed by atoms with van der Waals surface area (Å²) in [7, 11) is 0. The molecule has 2 saturated heterocycles. The van der Waals surface area contributed by atoms with E-state index in [2.05, 4.69) is 83.6 Å². The molecule has 6 aliphatic carbocycles. The zero-order chi connectivity index (χ0) is 60.9. The highest BCUT2D eigenvalue weighted by Crippen LogP contribution is 2.38. The molecule has 0 aromatic carbocycles. The van der Waals surface area contributed by atoms with E-state index in [1.165, 1.54) is 103 Å². The summed E-state index contributed by atoms with van der Waals surface area (Å²) in [6.07, 6.45) is 27.5. The molecule has 2 amide bonds. The third-order valence-corrected chi connectivity index (χ3v) is 19.3. The van der Waals surface area contributed by atoms with Crippen molar-refractivity contribution in [3.63, 3.8) is 0 Å². The first kappa shape index (κ1) is 119. The van der Waals surface area contributed by atoms with Crippen LogP contribution in [-0.2, 0) is 19.2 Å². The Labute approximate surface area is 614 Å². The van der Waals surface area contributed by atoms with E-state index < -0.39 is 36.2 Å². The first-order valence-electron chi connectivity index (χ1n) is 32.8. The van der Waals surface area contributed by atoms with E-state index in [4.69, 9.17) is 21.7 Å². The van der Waals surface area contributed by atoms with E-state index in [9.17, 15) is 29.4 Å². The minimum Gasteiger partial charge on any atom is -0.481 e. The lowest BCUT2D eigenvalue weighted by atomic mass is 9.81. The molecule has 14 nitrogen and oxygen atoms in total. The van der Waals surface area contributed by atoms with Crippen molar-refractivity contribution in [3.8, 4) is 0 Å². The summed E-state index contributed by atoms with van der Waals surface area (Å²) in [5.74, 6) is 5.01. The molecule has 0 bridgehead atoms. The summed E-state index contributed by atoms with van der Waals surface area (Å²) < 4.78 is 0. The second-order valence-electron chi connectivity index (χ2n) is 28.6. The number of carbonyl (C=O) groups excluding carboxylic acids is 2. The van der Waals surface area contributed by atoms with E-state index in [1.54, 1.807) is 6.92 Å². The van der Waals surface area contributed by atoms with Crippen LogP contribution in [0.25, 0.3) is 0 Å². The molecular formula is C72H166N6O8S6. The quantitative estimate of drug-likeness (QED) is 0.0780. The van der Waals surface area contributed by atoms with Gasteiger partial charge in [-0.15, -0.1) is 0 Å². The summed E-state index contributed by atoms with van der Waals surface area (Å²) in [6, 6.07) is 1.36. The van der Waals surface area contributed by atoms with Gasteiger partial charge in [-0.3, -0.25) is 19.2 Å². The first-order chi connectivity index (χ1) is 37.4. The van der Waals surface area contributed by atoms with Gasteiger partial charge in [-0.2, -0.15) is 81.0 Å². The van der Waals surface area contributed by atoms with Gasteiger partial charge in [0.15, 0.2) is 0 Å². The molecule has 6 saturated carbocycles. The summed E-state index contributed by atoms with van der Waals surface area (Å²) in [6.45, 7) is 36.5. The highest BCUT2D eigenvalue weighted by Gasteiger charge is 2.37. The number of carboxylic acids is 2. The topological polar surface area (TPSA) is 249 Å². The minimum absolute atomic E-state index is 0. The maximum atomic E-state index is 11.3. The lowest BCUT2D eigenvalue weighted by molar-refractivity contribution is -0.145. The Morgan fingerprint density at radius 3 is 0.978 bits per heavy atom. The Hall–Kier alpha value is -0.260. The monoisotopic (exact) mass is 1440 g/mol. The van der Waals surface area contributed by atoms with Crippen LogP contribution in [0.5, 0.6) is 0 Å². The Morgan fingerprint density at radius 2 is 0.772 bits per heavy atom. The summed E-state index contributed by atoms with van der Waals surface area (Å²) >= 11 is 0. The maximum absolute atomic E-state index is 11.3. The van der Waals surface area contributed by atoms with E-state index in [0.717, 1.165) is 105 Å². The van der Waals surface area contributed by atoms with Crippen LogP contribution in [0.1, 0.15) is 309 Å². The van der Waals surface area contributed by atoms with Crippen LogP contribution in [0.4, 0.5) is 0 Å². The van der Waals surface area contributed by atoms with Crippen LogP contribution >= 0.6 is 81.0 Å². The van der Waals surface area contributed by atoms with E-state index in [1.807, 2.05) is 41.5 Å². The number of aliphatic hydroxyl groups is 2. The van der Waals surface area contributed by atoms with Gasteiger partial charge in [-0.25, -0.2) is 0 Å². The van der Waals surface area contributed by atoms with Gasteiger partial charge in [-0.05, 0) is 162 Å². The summed E-state index contributed by atoms with van der Waals surface area (Å²) in [5, 5.41) is 48.7. The molecule has 8 rings (SSSR count). The van der Waals surface area contributed by atoms with E-state index >= 15 is 0 Å². The van der Waals surface area contributed by atoms with Crippen molar-refractivity contribution in [1.82, 2.24) is 21.3 Å². The fourth-order valence-corrected chi connectivity index (χ4v) is 11.3. The second kappa shape index (κ2) is 63.0. The largest absolute Gasteiger partial charge is 0.481 e.